The maximum absolute atomic E-state index is 5.77. The molecule has 0 aliphatic heterocycles. The second-order valence-corrected chi connectivity index (χ2v) is 5.11. The highest BCUT2D eigenvalue weighted by molar-refractivity contribution is 5.51. The van der Waals surface area contributed by atoms with Crippen molar-refractivity contribution >= 4 is 6.08 Å². The van der Waals surface area contributed by atoms with Gasteiger partial charge >= 0.3 is 0 Å². The summed E-state index contributed by atoms with van der Waals surface area (Å²) < 4.78 is 5.77. The molecule has 0 amide bonds. The summed E-state index contributed by atoms with van der Waals surface area (Å²) >= 11 is 0. The van der Waals surface area contributed by atoms with E-state index >= 15 is 0 Å². The van der Waals surface area contributed by atoms with Crippen molar-refractivity contribution < 1.29 is 4.74 Å². The normalized spacial score (nSPS) is 12.5. The minimum absolute atomic E-state index is 0.639. The van der Waals surface area contributed by atoms with Crippen LogP contribution in [-0.2, 0) is 0 Å². The molecule has 2 aromatic carbocycles. The van der Waals surface area contributed by atoms with Gasteiger partial charge in [0, 0.05) is 0 Å². The summed E-state index contributed by atoms with van der Waals surface area (Å²) in [6, 6.07) is 18.1. The number of rotatable bonds is 6. The molecule has 0 saturated heterocycles. The summed E-state index contributed by atoms with van der Waals surface area (Å²) in [6.45, 7) is 4.48. The lowest BCUT2D eigenvalue weighted by Gasteiger charge is -2.06. The Kier molecular flexibility index (Phi) is 5.43. The van der Waals surface area contributed by atoms with Crippen LogP contribution in [0, 0.1) is 5.92 Å². The molecule has 104 valence electrons. The molecule has 20 heavy (non-hydrogen) atoms. The number of hydrogen-bond acceptors (Lipinski definition) is 1. The smallest absolute Gasteiger partial charge is 0.127 e. The van der Waals surface area contributed by atoms with E-state index in [4.69, 9.17) is 4.74 Å². The van der Waals surface area contributed by atoms with E-state index in [1.54, 1.807) is 0 Å². The Morgan fingerprint density at radius 3 is 2.25 bits per heavy atom. The molecule has 0 bridgehead atoms. The standard InChI is InChI=1S/C19H22O/c1-3-7-16(2)10-11-17-12-14-19(15-13-17)20-18-8-5-4-6-9-18/h4-6,8-16H,3,7H2,1-2H3/b11-10+. The van der Waals surface area contributed by atoms with Crippen molar-refractivity contribution in [1.82, 2.24) is 0 Å². The second kappa shape index (κ2) is 7.54. The minimum Gasteiger partial charge on any atom is -0.457 e. The van der Waals surface area contributed by atoms with Gasteiger partial charge in [-0.15, -0.1) is 0 Å². The van der Waals surface area contributed by atoms with Crippen LogP contribution in [0.2, 0.25) is 0 Å². The molecule has 0 heterocycles. The van der Waals surface area contributed by atoms with Crippen LogP contribution >= 0.6 is 0 Å². The molecule has 1 nitrogen and oxygen atoms in total. The highest BCUT2D eigenvalue weighted by Crippen LogP contribution is 2.21. The van der Waals surface area contributed by atoms with Gasteiger partial charge in [0.05, 0.1) is 0 Å². The van der Waals surface area contributed by atoms with Crippen LogP contribution in [0.3, 0.4) is 0 Å². The molecule has 0 N–H and O–H groups in total. The average Bonchev–Trinajstić information content (AvgIpc) is 2.48. The van der Waals surface area contributed by atoms with Gasteiger partial charge in [-0.1, -0.05) is 62.8 Å². The zero-order valence-electron chi connectivity index (χ0n) is 12.3. The summed E-state index contributed by atoms with van der Waals surface area (Å²) in [7, 11) is 0. The average molecular weight is 266 g/mol. The zero-order valence-corrected chi connectivity index (χ0v) is 12.3. The van der Waals surface area contributed by atoms with Crippen molar-refractivity contribution in [2.45, 2.75) is 26.7 Å². The van der Waals surface area contributed by atoms with E-state index in [0.29, 0.717) is 5.92 Å². The third-order valence-electron chi connectivity index (χ3n) is 3.22. The molecule has 0 spiro atoms. The number of allylic oxidation sites excluding steroid dienone is 1. The van der Waals surface area contributed by atoms with E-state index in [1.807, 2.05) is 42.5 Å². The molecular formula is C19H22O. The molecule has 0 aliphatic rings. The quantitative estimate of drug-likeness (QED) is 0.629. The van der Waals surface area contributed by atoms with Crippen LogP contribution < -0.4 is 4.74 Å². The van der Waals surface area contributed by atoms with Gasteiger partial charge in [0.15, 0.2) is 0 Å². The molecule has 0 radical (unpaired) electrons. The molecule has 2 rings (SSSR count). The first-order valence-corrected chi connectivity index (χ1v) is 7.29. The van der Waals surface area contributed by atoms with Crippen molar-refractivity contribution in [2.24, 2.45) is 5.92 Å². The summed E-state index contributed by atoms with van der Waals surface area (Å²) in [5, 5.41) is 0. The SMILES string of the molecule is CCCC(C)/C=C/c1ccc(Oc2ccccc2)cc1. The Hall–Kier alpha value is -2.02. The Morgan fingerprint density at radius 1 is 0.950 bits per heavy atom. The first-order chi connectivity index (χ1) is 9.78. The third kappa shape index (κ3) is 4.58. The summed E-state index contributed by atoms with van der Waals surface area (Å²) in [6.07, 6.45) is 6.93. The maximum atomic E-state index is 5.77. The fraction of sp³-hybridized carbons (Fsp3) is 0.263. The molecule has 1 atom stereocenters. The Bertz CT molecular complexity index is 525. The van der Waals surface area contributed by atoms with Crippen molar-refractivity contribution in [3.8, 4) is 11.5 Å². The van der Waals surface area contributed by atoms with Gasteiger partial charge < -0.3 is 4.74 Å². The lowest BCUT2D eigenvalue weighted by Crippen LogP contribution is -1.87. The van der Waals surface area contributed by atoms with Gasteiger partial charge in [0.1, 0.15) is 11.5 Å². The van der Waals surface area contributed by atoms with Crippen LogP contribution in [0.25, 0.3) is 6.08 Å². The van der Waals surface area contributed by atoms with Crippen LogP contribution in [0.15, 0.2) is 60.7 Å². The predicted octanol–water partition coefficient (Wildman–Crippen LogP) is 5.93. The molecular weight excluding hydrogens is 244 g/mol. The van der Waals surface area contributed by atoms with Crippen LogP contribution in [-0.4, -0.2) is 0 Å². The third-order valence-corrected chi connectivity index (χ3v) is 3.22. The largest absolute Gasteiger partial charge is 0.457 e. The molecule has 2 aromatic rings. The number of ether oxygens (including phenoxy) is 1. The van der Waals surface area contributed by atoms with Crippen molar-refractivity contribution in [3.63, 3.8) is 0 Å². The monoisotopic (exact) mass is 266 g/mol. The second-order valence-electron chi connectivity index (χ2n) is 5.11. The molecule has 0 saturated carbocycles. The summed E-state index contributed by atoms with van der Waals surface area (Å²) in [5.74, 6) is 2.38. The van der Waals surface area contributed by atoms with Crippen molar-refractivity contribution in [2.75, 3.05) is 0 Å². The van der Waals surface area contributed by atoms with E-state index in [1.165, 1.54) is 18.4 Å². The fourth-order valence-electron chi connectivity index (χ4n) is 2.10. The first-order valence-electron chi connectivity index (χ1n) is 7.29. The van der Waals surface area contributed by atoms with E-state index in [-0.39, 0.29) is 0 Å². The maximum Gasteiger partial charge on any atom is 0.127 e. The minimum atomic E-state index is 0.639. The van der Waals surface area contributed by atoms with Crippen LogP contribution in [0.1, 0.15) is 32.3 Å². The number of para-hydroxylation sites is 1. The van der Waals surface area contributed by atoms with Crippen LogP contribution in [0.5, 0.6) is 11.5 Å². The first kappa shape index (κ1) is 14.4. The molecule has 1 heteroatoms. The van der Waals surface area contributed by atoms with E-state index in [0.717, 1.165) is 11.5 Å². The highest BCUT2D eigenvalue weighted by atomic mass is 16.5. The lowest BCUT2D eigenvalue weighted by molar-refractivity contribution is 0.482. The number of benzene rings is 2. The van der Waals surface area contributed by atoms with E-state index in [9.17, 15) is 0 Å². The van der Waals surface area contributed by atoms with Gasteiger partial charge in [-0.05, 0) is 42.2 Å². The molecule has 0 aromatic heterocycles. The molecule has 0 aliphatic carbocycles. The summed E-state index contributed by atoms with van der Waals surface area (Å²) in [4.78, 5) is 0. The van der Waals surface area contributed by atoms with Gasteiger partial charge in [-0.2, -0.15) is 0 Å². The zero-order chi connectivity index (χ0) is 14.2. The number of hydrogen-bond donors (Lipinski definition) is 0. The highest BCUT2D eigenvalue weighted by Gasteiger charge is 1.97. The van der Waals surface area contributed by atoms with E-state index < -0.39 is 0 Å². The molecule has 1 unspecified atom stereocenters. The Balaban J connectivity index is 1.96. The van der Waals surface area contributed by atoms with Gasteiger partial charge in [0.2, 0.25) is 0 Å². The van der Waals surface area contributed by atoms with Gasteiger partial charge in [-0.25, -0.2) is 0 Å². The Morgan fingerprint density at radius 2 is 1.60 bits per heavy atom. The van der Waals surface area contributed by atoms with Crippen LogP contribution in [0.4, 0.5) is 0 Å². The fourth-order valence-corrected chi connectivity index (χ4v) is 2.10. The van der Waals surface area contributed by atoms with Gasteiger partial charge in [0.25, 0.3) is 0 Å². The molecule has 0 fully saturated rings. The Labute approximate surface area is 121 Å². The van der Waals surface area contributed by atoms with E-state index in [2.05, 4.69) is 38.1 Å². The van der Waals surface area contributed by atoms with Gasteiger partial charge in [-0.3, -0.25) is 0 Å². The summed E-state index contributed by atoms with van der Waals surface area (Å²) in [5.41, 5.74) is 1.22. The van der Waals surface area contributed by atoms with Crippen molar-refractivity contribution in [3.05, 3.63) is 66.2 Å². The predicted molar refractivity (Wildman–Crippen MR) is 86.1 cm³/mol. The van der Waals surface area contributed by atoms with Crippen molar-refractivity contribution in [1.29, 1.82) is 0 Å². The lowest BCUT2D eigenvalue weighted by atomic mass is 10.0. The topological polar surface area (TPSA) is 9.23 Å².